The van der Waals surface area contributed by atoms with E-state index in [1.165, 1.54) is 0 Å². The summed E-state index contributed by atoms with van der Waals surface area (Å²) < 4.78 is 5.35. The zero-order chi connectivity index (χ0) is 14.7. The van der Waals surface area contributed by atoms with Crippen molar-refractivity contribution in [2.24, 2.45) is 0 Å². The zero-order valence-corrected chi connectivity index (χ0v) is 12.4. The number of aromatic nitrogens is 1. The average Bonchev–Trinajstić information content (AvgIpc) is 3.04. The fourth-order valence-corrected chi connectivity index (χ4v) is 2.78. The van der Waals surface area contributed by atoms with E-state index in [4.69, 9.17) is 4.74 Å². The Hall–Kier alpha value is -1.66. The van der Waals surface area contributed by atoms with Crippen molar-refractivity contribution in [2.75, 3.05) is 43.1 Å². The molecule has 6 heteroatoms. The third-order valence-electron chi connectivity index (χ3n) is 4.04. The summed E-state index contributed by atoms with van der Waals surface area (Å²) in [6, 6.07) is 3.85. The summed E-state index contributed by atoms with van der Waals surface area (Å²) in [5.41, 5.74) is 1.65. The van der Waals surface area contributed by atoms with Gasteiger partial charge in [0.15, 0.2) is 0 Å². The Morgan fingerprint density at radius 1 is 1.43 bits per heavy atom. The Balaban J connectivity index is 1.67. The highest BCUT2D eigenvalue weighted by atomic mass is 16.5. The Morgan fingerprint density at radius 3 is 2.90 bits per heavy atom. The van der Waals surface area contributed by atoms with Gasteiger partial charge in [0.1, 0.15) is 5.82 Å². The summed E-state index contributed by atoms with van der Waals surface area (Å²) in [5, 5.41) is 6.18. The SMILES string of the molecule is Cc1nc(N2CCOCC2)ccc1NC(=O)C1CCCN1. The first kappa shape index (κ1) is 14.3. The van der Waals surface area contributed by atoms with Crippen LogP contribution >= 0.6 is 0 Å². The van der Waals surface area contributed by atoms with Gasteiger partial charge >= 0.3 is 0 Å². The van der Waals surface area contributed by atoms with Crippen LogP contribution in [0.15, 0.2) is 12.1 Å². The maximum atomic E-state index is 12.1. The van der Waals surface area contributed by atoms with Crippen LogP contribution in [0.4, 0.5) is 11.5 Å². The molecule has 21 heavy (non-hydrogen) atoms. The maximum absolute atomic E-state index is 12.1. The van der Waals surface area contributed by atoms with Crippen molar-refractivity contribution in [3.8, 4) is 0 Å². The van der Waals surface area contributed by atoms with Crippen molar-refractivity contribution in [1.29, 1.82) is 0 Å². The van der Waals surface area contributed by atoms with E-state index < -0.39 is 0 Å². The highest BCUT2D eigenvalue weighted by Crippen LogP contribution is 2.20. The molecule has 0 aromatic carbocycles. The molecule has 114 valence electrons. The zero-order valence-electron chi connectivity index (χ0n) is 12.4. The molecule has 1 atom stereocenters. The molecule has 3 rings (SSSR count). The van der Waals surface area contributed by atoms with E-state index in [1.807, 2.05) is 19.1 Å². The van der Waals surface area contributed by atoms with Gasteiger partial charge in [-0.15, -0.1) is 0 Å². The van der Waals surface area contributed by atoms with Gasteiger partial charge in [-0.3, -0.25) is 4.79 Å². The fraction of sp³-hybridized carbons (Fsp3) is 0.600. The molecule has 0 spiro atoms. The first-order valence-electron chi connectivity index (χ1n) is 7.58. The molecule has 0 saturated carbocycles. The normalized spacial score (nSPS) is 22.3. The third kappa shape index (κ3) is 3.33. The van der Waals surface area contributed by atoms with Crippen molar-refractivity contribution in [1.82, 2.24) is 10.3 Å². The van der Waals surface area contributed by atoms with E-state index in [0.29, 0.717) is 0 Å². The van der Waals surface area contributed by atoms with Crippen LogP contribution in [0.25, 0.3) is 0 Å². The number of hydrogen-bond acceptors (Lipinski definition) is 5. The highest BCUT2D eigenvalue weighted by molar-refractivity contribution is 5.95. The number of ether oxygens (including phenoxy) is 1. The molecule has 2 fully saturated rings. The molecule has 2 N–H and O–H groups in total. The highest BCUT2D eigenvalue weighted by Gasteiger charge is 2.22. The van der Waals surface area contributed by atoms with Crippen LogP contribution in [0.1, 0.15) is 18.5 Å². The van der Waals surface area contributed by atoms with Crippen LogP contribution in [-0.4, -0.2) is 49.8 Å². The topological polar surface area (TPSA) is 66.5 Å². The lowest BCUT2D eigenvalue weighted by atomic mass is 10.2. The summed E-state index contributed by atoms with van der Waals surface area (Å²) in [7, 11) is 0. The number of nitrogens with one attached hydrogen (secondary N) is 2. The minimum atomic E-state index is -0.0664. The minimum Gasteiger partial charge on any atom is -0.378 e. The maximum Gasteiger partial charge on any atom is 0.241 e. The molecule has 0 bridgehead atoms. The van der Waals surface area contributed by atoms with E-state index in [-0.39, 0.29) is 11.9 Å². The molecule has 2 saturated heterocycles. The molecule has 6 nitrogen and oxygen atoms in total. The number of nitrogens with zero attached hydrogens (tertiary/aromatic N) is 2. The third-order valence-corrected chi connectivity index (χ3v) is 4.04. The van der Waals surface area contributed by atoms with Gasteiger partial charge in [0.2, 0.25) is 5.91 Å². The van der Waals surface area contributed by atoms with E-state index in [9.17, 15) is 4.79 Å². The number of anilines is 2. The van der Waals surface area contributed by atoms with Gasteiger partial charge in [0, 0.05) is 13.1 Å². The number of morpholine rings is 1. The van der Waals surface area contributed by atoms with Crippen LogP contribution in [0.3, 0.4) is 0 Å². The van der Waals surface area contributed by atoms with Gasteiger partial charge in [-0.05, 0) is 38.4 Å². The summed E-state index contributed by atoms with van der Waals surface area (Å²) in [6.45, 7) is 6.07. The summed E-state index contributed by atoms with van der Waals surface area (Å²) in [5.74, 6) is 0.990. The quantitative estimate of drug-likeness (QED) is 0.866. The van der Waals surface area contributed by atoms with E-state index in [1.54, 1.807) is 0 Å². The largest absolute Gasteiger partial charge is 0.378 e. The lowest BCUT2D eigenvalue weighted by molar-refractivity contribution is -0.117. The van der Waals surface area contributed by atoms with Crippen LogP contribution < -0.4 is 15.5 Å². The molecular formula is C15H22N4O2. The van der Waals surface area contributed by atoms with Gasteiger partial charge in [-0.2, -0.15) is 0 Å². The smallest absolute Gasteiger partial charge is 0.241 e. The van der Waals surface area contributed by atoms with Crippen LogP contribution in [-0.2, 0) is 9.53 Å². The van der Waals surface area contributed by atoms with Gasteiger partial charge in [-0.1, -0.05) is 0 Å². The predicted octanol–water partition coefficient (Wildman–Crippen LogP) is 0.917. The van der Waals surface area contributed by atoms with Crippen molar-refractivity contribution < 1.29 is 9.53 Å². The molecule has 3 heterocycles. The van der Waals surface area contributed by atoms with Crippen molar-refractivity contribution in [3.05, 3.63) is 17.8 Å². The first-order valence-corrected chi connectivity index (χ1v) is 7.58. The van der Waals surface area contributed by atoms with Gasteiger partial charge in [0.05, 0.1) is 30.6 Å². The first-order chi connectivity index (χ1) is 10.2. The Morgan fingerprint density at radius 2 is 2.24 bits per heavy atom. The molecule has 0 aliphatic carbocycles. The number of amides is 1. The monoisotopic (exact) mass is 290 g/mol. The van der Waals surface area contributed by atoms with Crippen LogP contribution in [0, 0.1) is 6.92 Å². The number of aryl methyl sites for hydroxylation is 1. The summed E-state index contributed by atoms with van der Waals surface area (Å²) in [4.78, 5) is 18.9. The van der Waals surface area contributed by atoms with E-state index >= 15 is 0 Å². The molecule has 1 aromatic heterocycles. The van der Waals surface area contributed by atoms with E-state index in [0.717, 1.165) is 62.9 Å². The Kier molecular flexibility index (Phi) is 4.36. The second kappa shape index (κ2) is 6.41. The van der Waals surface area contributed by atoms with Gasteiger partial charge < -0.3 is 20.3 Å². The molecular weight excluding hydrogens is 268 g/mol. The molecule has 1 amide bonds. The molecule has 2 aliphatic heterocycles. The molecule has 1 aromatic rings. The molecule has 1 unspecified atom stereocenters. The molecule has 0 radical (unpaired) electrons. The number of pyridine rings is 1. The Bertz CT molecular complexity index is 508. The molecule has 2 aliphatic rings. The minimum absolute atomic E-state index is 0.0384. The number of hydrogen-bond donors (Lipinski definition) is 2. The lowest BCUT2D eigenvalue weighted by Crippen LogP contribution is -2.37. The van der Waals surface area contributed by atoms with Crippen molar-refractivity contribution >= 4 is 17.4 Å². The summed E-state index contributed by atoms with van der Waals surface area (Å²) in [6.07, 6.45) is 1.97. The lowest BCUT2D eigenvalue weighted by Gasteiger charge is -2.28. The van der Waals surface area contributed by atoms with Gasteiger partial charge in [-0.25, -0.2) is 4.98 Å². The second-order valence-electron chi connectivity index (χ2n) is 5.54. The number of carbonyl (C=O) groups excluding carboxylic acids is 1. The number of carbonyl (C=O) groups is 1. The standard InChI is InChI=1S/C15H22N4O2/c1-11-12(18-15(20)13-3-2-6-16-13)4-5-14(17-11)19-7-9-21-10-8-19/h4-5,13,16H,2-3,6-10H2,1H3,(H,18,20). The van der Waals surface area contributed by atoms with Crippen LogP contribution in [0.2, 0.25) is 0 Å². The Labute approximate surface area is 124 Å². The predicted molar refractivity (Wildman–Crippen MR) is 81.7 cm³/mol. The van der Waals surface area contributed by atoms with Gasteiger partial charge in [0.25, 0.3) is 0 Å². The van der Waals surface area contributed by atoms with Crippen molar-refractivity contribution in [2.45, 2.75) is 25.8 Å². The van der Waals surface area contributed by atoms with Crippen LogP contribution in [0.5, 0.6) is 0 Å². The summed E-state index contributed by atoms with van der Waals surface area (Å²) >= 11 is 0. The average molecular weight is 290 g/mol. The van der Waals surface area contributed by atoms with E-state index in [2.05, 4.69) is 20.5 Å². The fourth-order valence-electron chi connectivity index (χ4n) is 2.78. The number of rotatable bonds is 3. The van der Waals surface area contributed by atoms with Crippen molar-refractivity contribution in [3.63, 3.8) is 0 Å². The second-order valence-corrected chi connectivity index (χ2v) is 5.54.